The van der Waals surface area contributed by atoms with Crippen LogP contribution in [0.25, 0.3) is 0 Å². The zero-order valence-electron chi connectivity index (χ0n) is 13.1. The summed E-state index contributed by atoms with van der Waals surface area (Å²) in [6, 6.07) is 7.83. The molecule has 0 heterocycles. The van der Waals surface area contributed by atoms with Crippen LogP contribution < -0.4 is 5.32 Å². The topological polar surface area (TPSA) is 32.3 Å². The van der Waals surface area contributed by atoms with Gasteiger partial charge in [-0.3, -0.25) is 4.79 Å². The van der Waals surface area contributed by atoms with Crippen molar-refractivity contribution in [2.24, 2.45) is 0 Å². The Bertz CT molecular complexity index is 400. The second-order valence-electron chi connectivity index (χ2n) is 5.05. The van der Waals surface area contributed by atoms with E-state index in [1.165, 1.54) is 25.7 Å². The summed E-state index contributed by atoms with van der Waals surface area (Å²) in [5.41, 5.74) is 1.81. The molecule has 112 valence electrons. The van der Waals surface area contributed by atoms with Crippen molar-refractivity contribution in [3.8, 4) is 0 Å². The smallest absolute Gasteiger partial charge is 0.253 e. The van der Waals surface area contributed by atoms with E-state index >= 15 is 0 Å². The number of unbranched alkanes of at least 4 members (excludes halogenated alkanes) is 3. The molecular weight excluding hydrogens is 248 g/mol. The lowest BCUT2D eigenvalue weighted by molar-refractivity contribution is 0.0773. The second kappa shape index (κ2) is 9.40. The van der Waals surface area contributed by atoms with Gasteiger partial charge in [-0.2, -0.15) is 0 Å². The maximum atomic E-state index is 12.3. The van der Waals surface area contributed by atoms with Gasteiger partial charge in [-0.15, -0.1) is 0 Å². The minimum absolute atomic E-state index is 0.115. The van der Waals surface area contributed by atoms with E-state index in [2.05, 4.69) is 12.2 Å². The average molecular weight is 276 g/mol. The minimum atomic E-state index is 0.115. The summed E-state index contributed by atoms with van der Waals surface area (Å²) in [4.78, 5) is 14.1. The highest BCUT2D eigenvalue weighted by Crippen LogP contribution is 2.13. The zero-order chi connectivity index (χ0) is 14.8. The van der Waals surface area contributed by atoms with Crippen LogP contribution in [0.1, 0.15) is 56.8 Å². The Morgan fingerprint density at radius 2 is 1.85 bits per heavy atom. The summed E-state index contributed by atoms with van der Waals surface area (Å²) in [6.45, 7) is 8.72. The van der Waals surface area contributed by atoms with Crippen LogP contribution >= 0.6 is 0 Å². The molecule has 0 spiro atoms. The van der Waals surface area contributed by atoms with Crippen molar-refractivity contribution in [3.05, 3.63) is 29.8 Å². The van der Waals surface area contributed by atoms with Crippen LogP contribution in [0.5, 0.6) is 0 Å². The molecule has 1 rings (SSSR count). The number of anilines is 1. The number of rotatable bonds is 9. The van der Waals surface area contributed by atoms with E-state index < -0.39 is 0 Å². The van der Waals surface area contributed by atoms with Gasteiger partial charge < -0.3 is 10.2 Å². The maximum Gasteiger partial charge on any atom is 0.253 e. The Kier molecular flexibility index (Phi) is 7.78. The molecule has 0 aromatic heterocycles. The monoisotopic (exact) mass is 276 g/mol. The van der Waals surface area contributed by atoms with Crippen LogP contribution in [-0.2, 0) is 0 Å². The Morgan fingerprint density at radius 1 is 1.10 bits per heavy atom. The number of nitrogens with one attached hydrogen (secondary N) is 1. The summed E-state index contributed by atoms with van der Waals surface area (Å²) >= 11 is 0. The first-order valence-electron chi connectivity index (χ1n) is 7.86. The van der Waals surface area contributed by atoms with Gasteiger partial charge in [0.05, 0.1) is 0 Å². The minimum Gasteiger partial charge on any atom is -0.385 e. The first-order chi connectivity index (χ1) is 9.72. The molecule has 0 unspecified atom stereocenters. The fourth-order valence-corrected chi connectivity index (χ4v) is 2.24. The van der Waals surface area contributed by atoms with Crippen LogP contribution in [0.15, 0.2) is 24.3 Å². The van der Waals surface area contributed by atoms with Gasteiger partial charge in [0.25, 0.3) is 5.91 Å². The fourth-order valence-electron chi connectivity index (χ4n) is 2.24. The summed E-state index contributed by atoms with van der Waals surface area (Å²) in [5, 5.41) is 3.40. The van der Waals surface area contributed by atoms with Crippen molar-refractivity contribution < 1.29 is 4.79 Å². The first kappa shape index (κ1) is 16.5. The molecular formula is C17H28N2O. The zero-order valence-corrected chi connectivity index (χ0v) is 13.1. The van der Waals surface area contributed by atoms with Gasteiger partial charge in [-0.1, -0.05) is 32.3 Å². The third-order valence-electron chi connectivity index (χ3n) is 3.52. The summed E-state index contributed by atoms with van der Waals surface area (Å²) in [7, 11) is 0. The number of carbonyl (C=O) groups excluding carboxylic acids is 1. The molecule has 0 aliphatic rings. The summed E-state index contributed by atoms with van der Waals surface area (Å²) in [6.07, 6.45) is 5.00. The number of hydrogen-bond acceptors (Lipinski definition) is 2. The van der Waals surface area contributed by atoms with Gasteiger partial charge in [0.15, 0.2) is 0 Å². The van der Waals surface area contributed by atoms with Gasteiger partial charge in [0, 0.05) is 30.9 Å². The van der Waals surface area contributed by atoms with E-state index in [1.54, 1.807) is 0 Å². The number of benzene rings is 1. The summed E-state index contributed by atoms with van der Waals surface area (Å²) in [5.74, 6) is 0.115. The lowest BCUT2D eigenvalue weighted by Gasteiger charge is -2.19. The molecule has 3 heteroatoms. The van der Waals surface area contributed by atoms with E-state index in [0.29, 0.717) is 0 Å². The lowest BCUT2D eigenvalue weighted by Crippen LogP contribution is -2.30. The fraction of sp³-hybridized carbons (Fsp3) is 0.588. The van der Waals surface area contributed by atoms with Crippen molar-refractivity contribution in [1.82, 2.24) is 4.90 Å². The summed E-state index contributed by atoms with van der Waals surface area (Å²) < 4.78 is 0. The Morgan fingerprint density at radius 3 is 2.50 bits per heavy atom. The molecule has 0 saturated carbocycles. The van der Waals surface area contributed by atoms with Crippen LogP contribution in [0, 0.1) is 0 Å². The number of nitrogens with zero attached hydrogens (tertiary/aromatic N) is 1. The number of amides is 1. The quantitative estimate of drug-likeness (QED) is 0.687. The molecule has 1 amide bonds. The molecule has 0 atom stereocenters. The van der Waals surface area contributed by atoms with E-state index in [1.807, 2.05) is 43.0 Å². The number of carbonyl (C=O) groups is 1. The molecule has 1 aromatic carbocycles. The van der Waals surface area contributed by atoms with Crippen molar-refractivity contribution in [2.45, 2.75) is 46.5 Å². The Balaban J connectivity index is 2.55. The van der Waals surface area contributed by atoms with E-state index in [-0.39, 0.29) is 5.91 Å². The molecule has 0 aliphatic heterocycles. The SMILES string of the molecule is CCCCCCNc1cccc(C(=O)N(CC)CC)c1. The van der Waals surface area contributed by atoms with E-state index in [9.17, 15) is 4.79 Å². The van der Waals surface area contributed by atoms with Crippen LogP contribution in [0.2, 0.25) is 0 Å². The molecule has 0 aliphatic carbocycles. The maximum absolute atomic E-state index is 12.3. The van der Waals surface area contributed by atoms with E-state index in [0.717, 1.165) is 30.9 Å². The Hall–Kier alpha value is -1.51. The molecule has 1 aromatic rings. The molecule has 0 saturated heterocycles. The highest BCUT2D eigenvalue weighted by molar-refractivity contribution is 5.95. The second-order valence-corrected chi connectivity index (χ2v) is 5.05. The Labute approximate surface area is 123 Å². The van der Waals surface area contributed by atoms with Crippen LogP contribution in [0.3, 0.4) is 0 Å². The normalized spacial score (nSPS) is 10.3. The molecule has 3 nitrogen and oxygen atoms in total. The molecule has 0 radical (unpaired) electrons. The van der Waals surface area contributed by atoms with Crippen molar-refractivity contribution >= 4 is 11.6 Å². The molecule has 0 bridgehead atoms. The van der Waals surface area contributed by atoms with E-state index in [4.69, 9.17) is 0 Å². The van der Waals surface area contributed by atoms with Crippen LogP contribution in [-0.4, -0.2) is 30.4 Å². The van der Waals surface area contributed by atoms with Gasteiger partial charge >= 0.3 is 0 Å². The van der Waals surface area contributed by atoms with Crippen molar-refractivity contribution in [3.63, 3.8) is 0 Å². The first-order valence-corrected chi connectivity index (χ1v) is 7.86. The molecule has 20 heavy (non-hydrogen) atoms. The average Bonchev–Trinajstić information content (AvgIpc) is 2.48. The lowest BCUT2D eigenvalue weighted by atomic mass is 10.1. The van der Waals surface area contributed by atoms with Gasteiger partial charge in [0.1, 0.15) is 0 Å². The van der Waals surface area contributed by atoms with Gasteiger partial charge in [-0.25, -0.2) is 0 Å². The number of hydrogen-bond donors (Lipinski definition) is 1. The molecule has 1 N–H and O–H groups in total. The highest BCUT2D eigenvalue weighted by Gasteiger charge is 2.12. The van der Waals surface area contributed by atoms with Crippen molar-refractivity contribution in [1.29, 1.82) is 0 Å². The predicted molar refractivity (Wildman–Crippen MR) is 86.3 cm³/mol. The standard InChI is InChI=1S/C17H28N2O/c1-4-7-8-9-13-18-16-12-10-11-15(14-16)17(20)19(5-2)6-3/h10-12,14,18H,4-9,13H2,1-3H3. The largest absolute Gasteiger partial charge is 0.385 e. The highest BCUT2D eigenvalue weighted by atomic mass is 16.2. The van der Waals surface area contributed by atoms with Gasteiger partial charge in [-0.05, 0) is 38.5 Å². The van der Waals surface area contributed by atoms with Crippen molar-refractivity contribution in [2.75, 3.05) is 25.0 Å². The van der Waals surface area contributed by atoms with Crippen LogP contribution in [0.4, 0.5) is 5.69 Å². The third kappa shape index (κ3) is 5.24. The third-order valence-corrected chi connectivity index (χ3v) is 3.52. The molecule has 0 fully saturated rings. The van der Waals surface area contributed by atoms with Gasteiger partial charge in [0.2, 0.25) is 0 Å². The predicted octanol–water partition coefficient (Wildman–Crippen LogP) is 4.16.